The number of benzene rings is 2. The average molecular weight is 375 g/mol. The van der Waals surface area contributed by atoms with E-state index < -0.39 is 10.0 Å². The van der Waals surface area contributed by atoms with Gasteiger partial charge in [-0.1, -0.05) is 63.2 Å². The maximum Gasteiger partial charge on any atom is 0.241 e. The SMILES string of the molecule is CC(C)(C)c1ccc(N(CC(=O)NCc2ccccc2)S(C)(=O)=O)cc1. The second kappa shape index (κ2) is 7.91. The van der Waals surface area contributed by atoms with Crippen molar-refractivity contribution in [2.24, 2.45) is 0 Å². The molecule has 0 unspecified atom stereocenters. The van der Waals surface area contributed by atoms with Gasteiger partial charge in [0.15, 0.2) is 0 Å². The Hall–Kier alpha value is -2.34. The number of carbonyl (C=O) groups excluding carboxylic acids is 1. The van der Waals surface area contributed by atoms with Gasteiger partial charge >= 0.3 is 0 Å². The van der Waals surface area contributed by atoms with E-state index in [1.165, 1.54) is 0 Å². The van der Waals surface area contributed by atoms with Gasteiger partial charge in [0.25, 0.3) is 0 Å². The topological polar surface area (TPSA) is 66.5 Å². The fourth-order valence-electron chi connectivity index (χ4n) is 2.51. The van der Waals surface area contributed by atoms with Crippen LogP contribution in [-0.2, 0) is 26.8 Å². The molecule has 140 valence electrons. The average Bonchev–Trinajstić information content (AvgIpc) is 2.57. The summed E-state index contributed by atoms with van der Waals surface area (Å²) in [5.41, 5.74) is 2.52. The van der Waals surface area contributed by atoms with Crippen molar-refractivity contribution in [2.75, 3.05) is 17.1 Å². The first-order valence-electron chi connectivity index (χ1n) is 8.46. The smallest absolute Gasteiger partial charge is 0.241 e. The van der Waals surface area contributed by atoms with Crippen molar-refractivity contribution in [2.45, 2.75) is 32.7 Å². The van der Waals surface area contributed by atoms with Gasteiger partial charge in [-0.3, -0.25) is 9.10 Å². The van der Waals surface area contributed by atoms with E-state index in [1.54, 1.807) is 12.1 Å². The molecule has 0 aliphatic rings. The van der Waals surface area contributed by atoms with Crippen LogP contribution >= 0.6 is 0 Å². The molecule has 0 atom stereocenters. The predicted molar refractivity (Wildman–Crippen MR) is 106 cm³/mol. The third kappa shape index (κ3) is 5.59. The molecular formula is C20H26N2O3S. The molecule has 0 fully saturated rings. The third-order valence-electron chi connectivity index (χ3n) is 4.04. The van der Waals surface area contributed by atoms with Gasteiger partial charge in [0.1, 0.15) is 6.54 Å². The van der Waals surface area contributed by atoms with Crippen LogP contribution in [0.1, 0.15) is 31.9 Å². The maximum absolute atomic E-state index is 12.3. The first-order valence-corrected chi connectivity index (χ1v) is 10.3. The summed E-state index contributed by atoms with van der Waals surface area (Å²) in [6, 6.07) is 16.8. The largest absolute Gasteiger partial charge is 0.350 e. The van der Waals surface area contributed by atoms with Gasteiger partial charge in [0.2, 0.25) is 15.9 Å². The Morgan fingerprint density at radius 1 is 1.00 bits per heavy atom. The molecule has 0 saturated carbocycles. The Bertz CT molecular complexity index is 839. The molecule has 0 heterocycles. The van der Waals surface area contributed by atoms with Crippen LogP contribution in [0.2, 0.25) is 0 Å². The molecule has 0 aromatic heterocycles. The molecule has 1 amide bonds. The Labute approximate surface area is 156 Å². The molecule has 0 saturated heterocycles. The van der Waals surface area contributed by atoms with Crippen molar-refractivity contribution < 1.29 is 13.2 Å². The summed E-state index contributed by atoms with van der Waals surface area (Å²) in [5.74, 6) is -0.348. The van der Waals surface area contributed by atoms with E-state index in [0.717, 1.165) is 21.7 Å². The number of sulfonamides is 1. The van der Waals surface area contributed by atoms with Gasteiger partial charge in [-0.15, -0.1) is 0 Å². The Kier molecular flexibility index (Phi) is 6.08. The van der Waals surface area contributed by atoms with Crippen molar-refractivity contribution in [1.29, 1.82) is 0 Å². The Morgan fingerprint density at radius 2 is 1.58 bits per heavy atom. The van der Waals surface area contributed by atoms with E-state index in [2.05, 4.69) is 26.1 Å². The van der Waals surface area contributed by atoms with E-state index in [9.17, 15) is 13.2 Å². The van der Waals surface area contributed by atoms with Crippen LogP contribution < -0.4 is 9.62 Å². The van der Waals surface area contributed by atoms with E-state index in [0.29, 0.717) is 12.2 Å². The standard InChI is InChI=1S/C20H26N2O3S/c1-20(2,3)17-10-12-18(13-11-17)22(26(4,24)25)15-19(23)21-14-16-8-6-5-7-9-16/h5-13H,14-15H2,1-4H3,(H,21,23). The molecule has 5 nitrogen and oxygen atoms in total. The highest BCUT2D eigenvalue weighted by molar-refractivity contribution is 7.92. The molecule has 2 aromatic rings. The summed E-state index contributed by atoms with van der Waals surface area (Å²) < 4.78 is 25.5. The van der Waals surface area contributed by atoms with Gasteiger partial charge in [-0.2, -0.15) is 0 Å². The zero-order valence-corrected chi connectivity index (χ0v) is 16.5. The molecule has 0 aliphatic carbocycles. The zero-order chi connectivity index (χ0) is 19.4. The van der Waals surface area contributed by atoms with Crippen molar-refractivity contribution in [3.8, 4) is 0 Å². The molecule has 0 radical (unpaired) electrons. The fourth-order valence-corrected chi connectivity index (χ4v) is 3.37. The summed E-state index contributed by atoms with van der Waals surface area (Å²) in [6.45, 7) is 6.38. The van der Waals surface area contributed by atoms with Crippen LogP contribution in [0.15, 0.2) is 54.6 Å². The summed E-state index contributed by atoms with van der Waals surface area (Å²) in [6.07, 6.45) is 1.11. The highest BCUT2D eigenvalue weighted by Gasteiger charge is 2.21. The molecule has 0 spiro atoms. The number of amides is 1. The van der Waals surface area contributed by atoms with Gasteiger partial charge in [0, 0.05) is 6.54 Å². The third-order valence-corrected chi connectivity index (χ3v) is 5.18. The van der Waals surface area contributed by atoms with Gasteiger partial charge in [-0.05, 0) is 28.7 Å². The van der Waals surface area contributed by atoms with E-state index in [1.807, 2.05) is 42.5 Å². The summed E-state index contributed by atoms with van der Waals surface area (Å²) >= 11 is 0. The summed E-state index contributed by atoms with van der Waals surface area (Å²) in [4.78, 5) is 12.3. The second-order valence-corrected chi connectivity index (χ2v) is 9.24. The van der Waals surface area contributed by atoms with Gasteiger partial charge in [-0.25, -0.2) is 8.42 Å². The fraction of sp³-hybridized carbons (Fsp3) is 0.350. The van der Waals surface area contributed by atoms with E-state index in [4.69, 9.17) is 0 Å². The van der Waals surface area contributed by atoms with Crippen molar-refractivity contribution in [3.63, 3.8) is 0 Å². The van der Waals surface area contributed by atoms with Crippen LogP contribution in [0.4, 0.5) is 5.69 Å². The first-order chi connectivity index (χ1) is 12.1. The van der Waals surface area contributed by atoms with Crippen LogP contribution in [0.25, 0.3) is 0 Å². The number of carbonyl (C=O) groups is 1. The number of anilines is 1. The minimum Gasteiger partial charge on any atom is -0.350 e. The number of hydrogen-bond donors (Lipinski definition) is 1. The molecule has 2 rings (SSSR count). The van der Waals surface area contributed by atoms with Crippen molar-refractivity contribution in [1.82, 2.24) is 5.32 Å². The lowest BCUT2D eigenvalue weighted by atomic mass is 9.87. The minimum absolute atomic E-state index is 0.0263. The number of hydrogen-bond acceptors (Lipinski definition) is 3. The predicted octanol–water partition coefficient (Wildman–Crippen LogP) is 3.07. The van der Waals surface area contributed by atoms with Crippen LogP contribution in [0.3, 0.4) is 0 Å². The summed E-state index contributed by atoms with van der Waals surface area (Å²) in [5, 5.41) is 2.76. The first kappa shape index (κ1) is 20.0. The molecule has 26 heavy (non-hydrogen) atoms. The number of nitrogens with zero attached hydrogens (tertiary/aromatic N) is 1. The summed E-state index contributed by atoms with van der Waals surface area (Å²) in [7, 11) is -3.57. The Balaban J connectivity index is 2.11. The molecule has 0 bridgehead atoms. The van der Waals surface area contributed by atoms with E-state index >= 15 is 0 Å². The van der Waals surface area contributed by atoms with Crippen molar-refractivity contribution >= 4 is 21.6 Å². The van der Waals surface area contributed by atoms with Gasteiger partial charge in [0.05, 0.1) is 11.9 Å². The lowest BCUT2D eigenvalue weighted by Crippen LogP contribution is -2.40. The van der Waals surface area contributed by atoms with Crippen LogP contribution in [-0.4, -0.2) is 27.1 Å². The normalized spacial score (nSPS) is 11.8. The molecular weight excluding hydrogens is 348 g/mol. The molecule has 1 N–H and O–H groups in total. The highest BCUT2D eigenvalue weighted by atomic mass is 32.2. The zero-order valence-electron chi connectivity index (χ0n) is 15.7. The molecule has 2 aromatic carbocycles. The minimum atomic E-state index is -3.57. The molecule has 6 heteroatoms. The number of nitrogens with one attached hydrogen (secondary N) is 1. The van der Waals surface area contributed by atoms with E-state index in [-0.39, 0.29) is 17.9 Å². The number of rotatable bonds is 6. The van der Waals surface area contributed by atoms with Gasteiger partial charge < -0.3 is 5.32 Å². The highest BCUT2D eigenvalue weighted by Crippen LogP contribution is 2.25. The quantitative estimate of drug-likeness (QED) is 0.845. The maximum atomic E-state index is 12.3. The monoisotopic (exact) mass is 374 g/mol. The van der Waals surface area contributed by atoms with Crippen molar-refractivity contribution in [3.05, 3.63) is 65.7 Å². The van der Waals surface area contributed by atoms with Crippen LogP contribution in [0, 0.1) is 0 Å². The molecule has 0 aliphatic heterocycles. The lowest BCUT2D eigenvalue weighted by Gasteiger charge is -2.24. The van der Waals surface area contributed by atoms with Crippen LogP contribution in [0.5, 0.6) is 0 Å². The Morgan fingerprint density at radius 3 is 2.08 bits per heavy atom. The second-order valence-electron chi connectivity index (χ2n) is 7.33. The lowest BCUT2D eigenvalue weighted by molar-refractivity contribution is -0.119.